The van der Waals surface area contributed by atoms with Crippen molar-refractivity contribution in [3.8, 4) is 0 Å². The zero-order valence-electron chi connectivity index (χ0n) is 13.4. The van der Waals surface area contributed by atoms with Crippen molar-refractivity contribution < 1.29 is 4.39 Å². The Hall–Kier alpha value is -1.09. The fraction of sp³-hybridized carbons (Fsp3) is 0.667. The second-order valence-corrected chi connectivity index (χ2v) is 6.53. The van der Waals surface area contributed by atoms with E-state index in [1.807, 2.05) is 13.0 Å². The highest BCUT2D eigenvalue weighted by Gasteiger charge is 2.19. The molecule has 2 atom stereocenters. The maximum atomic E-state index is 13.5. The van der Waals surface area contributed by atoms with E-state index >= 15 is 0 Å². The second-order valence-electron chi connectivity index (χ2n) is 6.53. The van der Waals surface area contributed by atoms with Crippen LogP contribution in [0, 0.1) is 11.7 Å². The van der Waals surface area contributed by atoms with Gasteiger partial charge in [0.15, 0.2) is 0 Å². The van der Waals surface area contributed by atoms with Gasteiger partial charge in [-0.25, -0.2) is 4.39 Å². The molecule has 0 saturated carbocycles. The molecule has 1 aliphatic heterocycles. The normalized spacial score (nSPS) is 21.1. The highest BCUT2D eigenvalue weighted by atomic mass is 19.1. The summed E-state index contributed by atoms with van der Waals surface area (Å²) in [5, 5.41) is 0. The number of hydrogen-bond acceptors (Lipinski definition) is 2. The number of nitrogens with two attached hydrogens (primary N) is 1. The zero-order valence-corrected chi connectivity index (χ0v) is 13.4. The smallest absolute Gasteiger partial charge is 0.123 e. The van der Waals surface area contributed by atoms with Gasteiger partial charge in [0.2, 0.25) is 0 Å². The van der Waals surface area contributed by atoms with Gasteiger partial charge in [0, 0.05) is 24.8 Å². The summed E-state index contributed by atoms with van der Waals surface area (Å²) in [4.78, 5) is 2.44. The van der Waals surface area contributed by atoms with E-state index in [0.717, 1.165) is 31.0 Å². The molecule has 1 aliphatic rings. The minimum absolute atomic E-state index is 0.0605. The lowest BCUT2D eigenvalue weighted by Crippen LogP contribution is -2.27. The molecule has 0 bridgehead atoms. The summed E-state index contributed by atoms with van der Waals surface area (Å²) in [5.74, 6) is 0.699. The molecule has 2 unspecified atom stereocenters. The second kappa shape index (κ2) is 7.79. The van der Waals surface area contributed by atoms with Gasteiger partial charge in [0.05, 0.1) is 0 Å². The van der Waals surface area contributed by atoms with Crippen molar-refractivity contribution in [2.24, 2.45) is 11.7 Å². The van der Waals surface area contributed by atoms with Gasteiger partial charge in [-0.05, 0) is 62.3 Å². The molecule has 21 heavy (non-hydrogen) atoms. The molecule has 1 heterocycles. The van der Waals surface area contributed by atoms with Crippen LogP contribution in [0.4, 0.5) is 10.1 Å². The third-order valence-electron chi connectivity index (χ3n) is 4.47. The predicted octanol–water partition coefficient (Wildman–Crippen LogP) is 4.12. The summed E-state index contributed by atoms with van der Waals surface area (Å²) in [6, 6.07) is 5.24. The first kappa shape index (κ1) is 16.3. The van der Waals surface area contributed by atoms with Gasteiger partial charge >= 0.3 is 0 Å². The first-order chi connectivity index (χ1) is 10.1. The number of nitrogens with zero attached hydrogens (tertiary/aromatic N) is 1. The lowest BCUT2D eigenvalue weighted by molar-refractivity contribution is 0.435. The fourth-order valence-corrected chi connectivity index (χ4v) is 3.48. The molecule has 0 amide bonds. The Bertz CT molecular complexity index is 445. The fourth-order valence-electron chi connectivity index (χ4n) is 3.48. The first-order valence-corrected chi connectivity index (χ1v) is 8.39. The molecule has 0 aromatic heterocycles. The van der Waals surface area contributed by atoms with Crippen LogP contribution in [0.15, 0.2) is 18.2 Å². The molecule has 0 aliphatic carbocycles. The van der Waals surface area contributed by atoms with Crippen LogP contribution in [-0.4, -0.2) is 19.1 Å². The Morgan fingerprint density at radius 2 is 2.14 bits per heavy atom. The maximum Gasteiger partial charge on any atom is 0.123 e. The molecule has 3 heteroatoms. The molecule has 1 aromatic carbocycles. The molecule has 2 rings (SSSR count). The minimum atomic E-state index is -0.159. The molecule has 1 fully saturated rings. The third kappa shape index (κ3) is 4.70. The molecular weight excluding hydrogens is 263 g/mol. The molecule has 0 spiro atoms. The molecule has 0 radical (unpaired) electrons. The minimum Gasteiger partial charge on any atom is -0.371 e. The van der Waals surface area contributed by atoms with Gasteiger partial charge < -0.3 is 10.6 Å². The molecular formula is C18H29FN2. The topological polar surface area (TPSA) is 29.3 Å². The Labute approximate surface area is 128 Å². The van der Waals surface area contributed by atoms with Crippen LogP contribution in [0.2, 0.25) is 0 Å². The van der Waals surface area contributed by atoms with Gasteiger partial charge in [-0.3, -0.25) is 0 Å². The van der Waals surface area contributed by atoms with Crippen LogP contribution < -0.4 is 10.6 Å². The summed E-state index contributed by atoms with van der Waals surface area (Å²) in [7, 11) is 0. The van der Waals surface area contributed by atoms with E-state index in [1.54, 1.807) is 12.1 Å². The zero-order chi connectivity index (χ0) is 15.2. The average molecular weight is 292 g/mol. The van der Waals surface area contributed by atoms with Crippen molar-refractivity contribution in [2.45, 2.75) is 58.4 Å². The van der Waals surface area contributed by atoms with Crippen LogP contribution >= 0.6 is 0 Å². The van der Waals surface area contributed by atoms with Crippen LogP contribution in [0.3, 0.4) is 0 Å². The van der Waals surface area contributed by atoms with Crippen molar-refractivity contribution >= 4 is 5.69 Å². The lowest BCUT2D eigenvalue weighted by atomic mass is 9.96. The Kier molecular flexibility index (Phi) is 6.04. The highest BCUT2D eigenvalue weighted by molar-refractivity contribution is 5.54. The largest absolute Gasteiger partial charge is 0.371 e. The van der Waals surface area contributed by atoms with E-state index in [2.05, 4.69) is 11.8 Å². The van der Waals surface area contributed by atoms with Crippen LogP contribution in [-0.2, 0) is 6.42 Å². The summed E-state index contributed by atoms with van der Waals surface area (Å²) in [6.07, 6.45) is 7.17. The number of benzene rings is 1. The van der Waals surface area contributed by atoms with Crippen molar-refractivity contribution in [3.05, 3.63) is 29.6 Å². The number of halogens is 1. The molecule has 1 saturated heterocycles. The molecule has 2 N–H and O–H groups in total. The molecule has 118 valence electrons. The van der Waals surface area contributed by atoms with Crippen LogP contribution in [0.1, 0.15) is 51.5 Å². The summed E-state index contributed by atoms with van der Waals surface area (Å²) in [6.45, 7) is 6.41. The number of anilines is 1. The summed E-state index contributed by atoms with van der Waals surface area (Å²) >= 11 is 0. The maximum absolute atomic E-state index is 13.5. The molecule has 2 nitrogen and oxygen atoms in total. The van der Waals surface area contributed by atoms with Gasteiger partial charge in [-0.1, -0.05) is 19.8 Å². The molecule has 1 aromatic rings. The quantitative estimate of drug-likeness (QED) is 0.884. The van der Waals surface area contributed by atoms with Gasteiger partial charge in [0.25, 0.3) is 0 Å². The monoisotopic (exact) mass is 292 g/mol. The van der Waals surface area contributed by atoms with E-state index in [1.165, 1.54) is 37.8 Å². The lowest BCUT2D eigenvalue weighted by Gasteiger charge is -2.26. The predicted molar refractivity (Wildman–Crippen MR) is 88.2 cm³/mol. The van der Waals surface area contributed by atoms with E-state index in [-0.39, 0.29) is 11.9 Å². The standard InChI is InChI=1S/C18H29FN2/c1-3-5-15-6-4-10-21(11-9-15)18-8-7-17(19)13-16(18)12-14(2)20/h7-8,13-15H,3-6,9-12,20H2,1-2H3. The number of hydrogen-bond donors (Lipinski definition) is 1. The van der Waals surface area contributed by atoms with E-state index in [0.29, 0.717) is 0 Å². The summed E-state index contributed by atoms with van der Waals surface area (Å²) < 4.78 is 13.5. The summed E-state index contributed by atoms with van der Waals surface area (Å²) in [5.41, 5.74) is 8.16. The van der Waals surface area contributed by atoms with Gasteiger partial charge in [0.1, 0.15) is 5.82 Å². The third-order valence-corrected chi connectivity index (χ3v) is 4.47. The van der Waals surface area contributed by atoms with E-state index < -0.39 is 0 Å². The van der Waals surface area contributed by atoms with Crippen molar-refractivity contribution in [2.75, 3.05) is 18.0 Å². The van der Waals surface area contributed by atoms with E-state index in [9.17, 15) is 4.39 Å². The first-order valence-electron chi connectivity index (χ1n) is 8.39. The highest BCUT2D eigenvalue weighted by Crippen LogP contribution is 2.28. The number of rotatable bonds is 5. The average Bonchev–Trinajstić information content (AvgIpc) is 2.64. The van der Waals surface area contributed by atoms with Crippen molar-refractivity contribution in [3.63, 3.8) is 0 Å². The van der Waals surface area contributed by atoms with Gasteiger partial charge in [-0.15, -0.1) is 0 Å². The van der Waals surface area contributed by atoms with Crippen molar-refractivity contribution in [1.29, 1.82) is 0 Å². The SMILES string of the molecule is CCCC1CCCN(c2ccc(F)cc2CC(C)N)CC1. The Morgan fingerprint density at radius 1 is 1.33 bits per heavy atom. The van der Waals surface area contributed by atoms with Crippen molar-refractivity contribution in [1.82, 2.24) is 0 Å². The van der Waals surface area contributed by atoms with Crippen LogP contribution in [0.5, 0.6) is 0 Å². The Morgan fingerprint density at radius 3 is 2.86 bits per heavy atom. The van der Waals surface area contributed by atoms with E-state index in [4.69, 9.17) is 5.73 Å². The van der Waals surface area contributed by atoms with Gasteiger partial charge in [-0.2, -0.15) is 0 Å². The Balaban J connectivity index is 2.13. The van der Waals surface area contributed by atoms with Crippen LogP contribution in [0.25, 0.3) is 0 Å².